The summed E-state index contributed by atoms with van der Waals surface area (Å²) in [6.07, 6.45) is 3.20. The summed E-state index contributed by atoms with van der Waals surface area (Å²) in [6.45, 7) is 3.82. The quantitative estimate of drug-likeness (QED) is 0.661. The first-order valence-electron chi connectivity index (χ1n) is 4.83. The molecule has 0 heterocycles. The Morgan fingerprint density at radius 2 is 2.14 bits per heavy atom. The van der Waals surface area contributed by atoms with Gasteiger partial charge in [0.15, 0.2) is 0 Å². The van der Waals surface area contributed by atoms with Gasteiger partial charge in [0.05, 0.1) is 6.04 Å². The maximum Gasteiger partial charge on any atom is 0.237 e. The summed E-state index contributed by atoms with van der Waals surface area (Å²) < 4.78 is 10.9. The number of nitrogens with one attached hydrogen (secondary N) is 1. The SMILES string of the molecule is CCC[C@@H](N)C(=O)NC(C)CS(C)=O. The van der Waals surface area contributed by atoms with Crippen molar-refractivity contribution in [3.8, 4) is 0 Å². The summed E-state index contributed by atoms with van der Waals surface area (Å²) in [5.74, 6) is 0.328. The van der Waals surface area contributed by atoms with Crippen molar-refractivity contribution in [3.63, 3.8) is 0 Å². The molecule has 0 aliphatic carbocycles. The molecular formula is C9H20N2O2S. The summed E-state index contributed by atoms with van der Waals surface area (Å²) in [5.41, 5.74) is 5.62. The van der Waals surface area contributed by atoms with E-state index in [4.69, 9.17) is 5.73 Å². The van der Waals surface area contributed by atoms with Gasteiger partial charge in [0, 0.05) is 28.9 Å². The fourth-order valence-corrected chi connectivity index (χ4v) is 1.97. The van der Waals surface area contributed by atoms with E-state index < -0.39 is 16.8 Å². The van der Waals surface area contributed by atoms with E-state index in [0.717, 1.165) is 6.42 Å². The topological polar surface area (TPSA) is 72.2 Å². The average Bonchev–Trinajstić information content (AvgIpc) is 2.02. The maximum absolute atomic E-state index is 11.4. The number of hydrogen-bond acceptors (Lipinski definition) is 3. The van der Waals surface area contributed by atoms with Crippen LogP contribution in [0.15, 0.2) is 0 Å². The van der Waals surface area contributed by atoms with Crippen LogP contribution in [0, 0.1) is 0 Å². The third-order valence-corrected chi connectivity index (χ3v) is 2.78. The van der Waals surface area contributed by atoms with Gasteiger partial charge in [-0.15, -0.1) is 0 Å². The van der Waals surface area contributed by atoms with Crippen LogP contribution in [0.4, 0.5) is 0 Å². The Balaban J connectivity index is 3.86. The lowest BCUT2D eigenvalue weighted by Crippen LogP contribution is -2.45. The van der Waals surface area contributed by atoms with E-state index in [1.807, 2.05) is 13.8 Å². The van der Waals surface area contributed by atoms with Crippen LogP contribution in [0.3, 0.4) is 0 Å². The van der Waals surface area contributed by atoms with E-state index in [1.165, 1.54) is 0 Å². The highest BCUT2D eigenvalue weighted by Crippen LogP contribution is 1.94. The molecular weight excluding hydrogens is 200 g/mol. The van der Waals surface area contributed by atoms with Crippen molar-refractivity contribution in [3.05, 3.63) is 0 Å². The second-order valence-corrected chi connectivity index (χ2v) is 5.02. The van der Waals surface area contributed by atoms with Crippen LogP contribution in [0.1, 0.15) is 26.7 Å². The predicted molar refractivity (Wildman–Crippen MR) is 59.4 cm³/mol. The summed E-state index contributed by atoms with van der Waals surface area (Å²) >= 11 is 0. The van der Waals surface area contributed by atoms with Crippen molar-refractivity contribution in [1.82, 2.24) is 5.32 Å². The highest BCUT2D eigenvalue weighted by atomic mass is 32.2. The minimum atomic E-state index is -0.885. The van der Waals surface area contributed by atoms with Gasteiger partial charge in [-0.3, -0.25) is 9.00 Å². The van der Waals surface area contributed by atoms with Crippen LogP contribution in [-0.4, -0.2) is 34.2 Å². The van der Waals surface area contributed by atoms with Crippen molar-refractivity contribution in [2.45, 2.75) is 38.8 Å². The minimum absolute atomic E-state index is 0.0729. The molecule has 14 heavy (non-hydrogen) atoms. The molecule has 84 valence electrons. The maximum atomic E-state index is 11.4. The third-order valence-electron chi connectivity index (χ3n) is 1.81. The van der Waals surface area contributed by atoms with Gasteiger partial charge in [-0.05, 0) is 13.3 Å². The predicted octanol–water partition coefficient (Wildman–Crippen LogP) is -0.00300. The van der Waals surface area contributed by atoms with E-state index in [2.05, 4.69) is 5.32 Å². The standard InChI is InChI=1S/C9H20N2O2S/c1-4-5-8(10)9(12)11-7(2)6-14(3)13/h7-8H,4-6,10H2,1-3H3,(H,11,12)/t7?,8-,14?/m1/s1. The Labute approximate surface area is 88.1 Å². The fourth-order valence-electron chi connectivity index (χ4n) is 1.19. The highest BCUT2D eigenvalue weighted by Gasteiger charge is 2.14. The van der Waals surface area contributed by atoms with Crippen molar-refractivity contribution >= 4 is 16.7 Å². The molecule has 0 spiro atoms. The van der Waals surface area contributed by atoms with Gasteiger partial charge in [0.25, 0.3) is 0 Å². The second-order valence-electron chi connectivity index (χ2n) is 3.54. The minimum Gasteiger partial charge on any atom is -0.351 e. The molecule has 3 N–H and O–H groups in total. The molecule has 0 rings (SSSR count). The molecule has 0 saturated carbocycles. The van der Waals surface area contributed by atoms with Crippen LogP contribution in [-0.2, 0) is 15.6 Å². The van der Waals surface area contributed by atoms with Crippen LogP contribution in [0.5, 0.6) is 0 Å². The Kier molecular flexibility index (Phi) is 6.74. The fraction of sp³-hybridized carbons (Fsp3) is 0.889. The van der Waals surface area contributed by atoms with Crippen LogP contribution < -0.4 is 11.1 Å². The van der Waals surface area contributed by atoms with Crippen LogP contribution >= 0.6 is 0 Å². The lowest BCUT2D eigenvalue weighted by atomic mass is 10.1. The first kappa shape index (κ1) is 13.6. The first-order chi connectivity index (χ1) is 6.47. The molecule has 2 unspecified atom stereocenters. The van der Waals surface area contributed by atoms with E-state index in [-0.39, 0.29) is 11.9 Å². The van der Waals surface area contributed by atoms with E-state index >= 15 is 0 Å². The van der Waals surface area contributed by atoms with Crippen molar-refractivity contribution in [2.24, 2.45) is 5.73 Å². The molecule has 4 nitrogen and oxygen atoms in total. The zero-order valence-electron chi connectivity index (χ0n) is 9.08. The Hall–Kier alpha value is -0.420. The van der Waals surface area contributed by atoms with Gasteiger partial charge in [0.2, 0.25) is 5.91 Å². The molecule has 0 aromatic rings. The number of carbonyl (C=O) groups is 1. The molecule has 3 atom stereocenters. The molecule has 0 radical (unpaired) electrons. The second kappa shape index (κ2) is 6.95. The molecule has 0 aliphatic heterocycles. The molecule has 5 heteroatoms. The lowest BCUT2D eigenvalue weighted by molar-refractivity contribution is -0.122. The molecule has 0 aliphatic rings. The molecule has 1 amide bonds. The largest absolute Gasteiger partial charge is 0.351 e. The summed E-state index contributed by atoms with van der Waals surface area (Å²) in [4.78, 5) is 11.4. The smallest absolute Gasteiger partial charge is 0.237 e. The van der Waals surface area contributed by atoms with Gasteiger partial charge >= 0.3 is 0 Å². The van der Waals surface area contributed by atoms with E-state index in [0.29, 0.717) is 12.2 Å². The number of rotatable bonds is 6. The van der Waals surface area contributed by atoms with Gasteiger partial charge in [-0.25, -0.2) is 0 Å². The number of amides is 1. The molecule has 0 bridgehead atoms. The Morgan fingerprint density at radius 3 is 2.57 bits per heavy atom. The Morgan fingerprint density at radius 1 is 1.57 bits per heavy atom. The summed E-state index contributed by atoms with van der Waals surface area (Å²) in [7, 11) is -0.885. The van der Waals surface area contributed by atoms with Crippen molar-refractivity contribution in [1.29, 1.82) is 0 Å². The summed E-state index contributed by atoms with van der Waals surface area (Å²) in [6, 6.07) is -0.510. The van der Waals surface area contributed by atoms with Gasteiger partial charge in [-0.2, -0.15) is 0 Å². The van der Waals surface area contributed by atoms with Crippen molar-refractivity contribution < 1.29 is 9.00 Å². The number of hydrogen-bond donors (Lipinski definition) is 2. The lowest BCUT2D eigenvalue weighted by Gasteiger charge is -2.16. The monoisotopic (exact) mass is 220 g/mol. The number of carbonyl (C=O) groups excluding carboxylic acids is 1. The molecule has 0 fully saturated rings. The van der Waals surface area contributed by atoms with Crippen LogP contribution in [0.25, 0.3) is 0 Å². The zero-order chi connectivity index (χ0) is 11.1. The summed E-state index contributed by atoms with van der Waals surface area (Å²) in [5, 5.41) is 2.74. The molecule has 0 aromatic carbocycles. The number of nitrogens with two attached hydrogens (primary N) is 1. The zero-order valence-corrected chi connectivity index (χ0v) is 9.89. The van der Waals surface area contributed by atoms with Gasteiger partial charge < -0.3 is 11.1 Å². The van der Waals surface area contributed by atoms with Gasteiger partial charge in [0.1, 0.15) is 0 Å². The van der Waals surface area contributed by atoms with Gasteiger partial charge in [-0.1, -0.05) is 13.3 Å². The first-order valence-corrected chi connectivity index (χ1v) is 6.56. The Bertz CT molecular complexity index is 209. The normalized spacial score (nSPS) is 17.1. The molecule has 0 saturated heterocycles. The highest BCUT2D eigenvalue weighted by molar-refractivity contribution is 7.84. The molecule has 0 aromatic heterocycles. The van der Waals surface area contributed by atoms with Crippen LogP contribution in [0.2, 0.25) is 0 Å². The average molecular weight is 220 g/mol. The van der Waals surface area contributed by atoms with E-state index in [1.54, 1.807) is 6.26 Å². The van der Waals surface area contributed by atoms with E-state index in [9.17, 15) is 9.00 Å². The third kappa shape index (κ3) is 6.10. The van der Waals surface area contributed by atoms with Crippen molar-refractivity contribution in [2.75, 3.05) is 12.0 Å².